The predicted octanol–water partition coefficient (Wildman–Crippen LogP) is 1.16. The Bertz CT molecular complexity index is 685. The fourth-order valence-electron chi connectivity index (χ4n) is 2.49. The van der Waals surface area contributed by atoms with E-state index in [1.54, 1.807) is 4.57 Å². The Morgan fingerprint density at radius 3 is 2.57 bits per heavy atom. The van der Waals surface area contributed by atoms with E-state index in [0.717, 1.165) is 16.5 Å². The molecule has 126 valence electrons. The van der Waals surface area contributed by atoms with Gasteiger partial charge in [0.2, 0.25) is 0 Å². The lowest BCUT2D eigenvalue weighted by Crippen LogP contribution is -2.36. The first-order valence-corrected chi connectivity index (χ1v) is 7.57. The van der Waals surface area contributed by atoms with E-state index in [4.69, 9.17) is 10.5 Å². The highest BCUT2D eigenvalue weighted by Crippen LogP contribution is 2.23. The van der Waals surface area contributed by atoms with E-state index in [-0.39, 0.29) is 12.5 Å². The van der Waals surface area contributed by atoms with Crippen LogP contribution in [0.4, 0.5) is 0 Å². The first-order chi connectivity index (χ1) is 10.7. The number of nitrogens with zero attached hydrogens (tertiary/aromatic N) is 1. The zero-order valence-electron chi connectivity index (χ0n) is 13.7. The van der Waals surface area contributed by atoms with Gasteiger partial charge in [0.05, 0.1) is 6.04 Å². The van der Waals surface area contributed by atoms with Gasteiger partial charge in [-0.2, -0.15) is 0 Å². The molecule has 0 bridgehead atoms. The van der Waals surface area contributed by atoms with Crippen LogP contribution in [0.25, 0.3) is 10.9 Å². The summed E-state index contributed by atoms with van der Waals surface area (Å²) in [4.78, 5) is 12.1. The molecule has 0 aliphatic rings. The van der Waals surface area contributed by atoms with Gasteiger partial charge in [-0.25, -0.2) is 0 Å². The zero-order chi connectivity index (χ0) is 17.2. The summed E-state index contributed by atoms with van der Waals surface area (Å²) >= 11 is 0. The van der Waals surface area contributed by atoms with Crippen molar-refractivity contribution in [2.45, 2.75) is 51.7 Å². The van der Waals surface area contributed by atoms with Gasteiger partial charge in [-0.15, -0.1) is 0 Å². The van der Waals surface area contributed by atoms with Crippen LogP contribution >= 0.6 is 0 Å². The molecule has 1 aromatic carbocycles. The highest BCUT2D eigenvalue weighted by atomic mass is 16.6. The minimum absolute atomic E-state index is 0.0920. The Balaban J connectivity index is 2.28. The minimum Gasteiger partial charge on any atom is -0.459 e. The Labute approximate surface area is 135 Å². The highest BCUT2D eigenvalue weighted by Gasteiger charge is 2.19. The quantitative estimate of drug-likeness (QED) is 0.567. The number of fused-ring (bicyclic) bond motifs is 1. The van der Waals surface area contributed by atoms with E-state index in [1.807, 2.05) is 51.2 Å². The van der Waals surface area contributed by atoms with Crippen molar-refractivity contribution in [3.63, 3.8) is 0 Å². The maximum Gasteiger partial charge on any atom is 0.326 e. The smallest absolute Gasteiger partial charge is 0.326 e. The molecule has 0 radical (unpaired) electrons. The van der Waals surface area contributed by atoms with Crippen molar-refractivity contribution in [3.8, 4) is 0 Å². The van der Waals surface area contributed by atoms with E-state index in [1.165, 1.54) is 0 Å². The van der Waals surface area contributed by atoms with Gasteiger partial charge in [0.1, 0.15) is 12.1 Å². The van der Waals surface area contributed by atoms with Crippen LogP contribution < -0.4 is 5.73 Å². The van der Waals surface area contributed by atoms with Crippen molar-refractivity contribution >= 4 is 16.9 Å². The number of hydrogen-bond acceptors (Lipinski definition) is 5. The number of para-hydroxylation sites is 1. The number of aromatic nitrogens is 1. The third kappa shape index (κ3) is 4.54. The number of benzene rings is 1. The van der Waals surface area contributed by atoms with Crippen molar-refractivity contribution in [1.29, 1.82) is 0 Å². The summed E-state index contributed by atoms with van der Waals surface area (Å²) in [5.74, 6) is -0.323. The van der Waals surface area contributed by atoms with Gasteiger partial charge in [0.25, 0.3) is 0 Å². The normalized spacial score (nSPS) is 13.5. The molecule has 0 aliphatic heterocycles. The van der Waals surface area contributed by atoms with Crippen LogP contribution in [0.3, 0.4) is 0 Å². The number of aliphatic hydroxyl groups is 2. The number of hydrogen-bond donors (Lipinski definition) is 3. The van der Waals surface area contributed by atoms with Gasteiger partial charge < -0.3 is 25.3 Å². The van der Waals surface area contributed by atoms with Crippen molar-refractivity contribution in [2.75, 3.05) is 0 Å². The third-order valence-corrected chi connectivity index (χ3v) is 3.43. The molecule has 0 saturated heterocycles. The van der Waals surface area contributed by atoms with Gasteiger partial charge in [-0.1, -0.05) is 18.2 Å². The topological polar surface area (TPSA) is 97.7 Å². The van der Waals surface area contributed by atoms with Crippen LogP contribution in [0.1, 0.15) is 26.3 Å². The fourth-order valence-corrected chi connectivity index (χ4v) is 2.49. The maximum absolute atomic E-state index is 12.1. The number of esters is 1. The van der Waals surface area contributed by atoms with E-state index >= 15 is 0 Å². The molecule has 0 spiro atoms. The largest absolute Gasteiger partial charge is 0.459 e. The third-order valence-electron chi connectivity index (χ3n) is 3.43. The summed E-state index contributed by atoms with van der Waals surface area (Å²) in [6.07, 6.45) is 0.541. The molecule has 4 N–H and O–H groups in total. The molecule has 2 rings (SSSR count). The van der Waals surface area contributed by atoms with Gasteiger partial charge in [0, 0.05) is 17.1 Å². The van der Waals surface area contributed by atoms with E-state index < -0.39 is 17.9 Å². The van der Waals surface area contributed by atoms with Gasteiger partial charge in [0.15, 0.2) is 6.29 Å². The van der Waals surface area contributed by atoms with Crippen LogP contribution in [0.2, 0.25) is 0 Å². The number of aliphatic hydroxyl groups excluding tert-OH is 1. The molecule has 2 aromatic rings. The van der Waals surface area contributed by atoms with Gasteiger partial charge >= 0.3 is 5.97 Å². The Morgan fingerprint density at radius 2 is 1.96 bits per heavy atom. The number of carbonyl (C=O) groups is 1. The van der Waals surface area contributed by atoms with Crippen molar-refractivity contribution in [2.24, 2.45) is 5.73 Å². The summed E-state index contributed by atoms with van der Waals surface area (Å²) in [7, 11) is 0. The van der Waals surface area contributed by atoms with E-state index in [9.17, 15) is 15.0 Å². The molecule has 0 saturated carbocycles. The molecule has 1 atom stereocenters. The summed E-state index contributed by atoms with van der Waals surface area (Å²) in [6, 6.07) is 6.83. The molecule has 0 aliphatic carbocycles. The zero-order valence-corrected chi connectivity index (χ0v) is 13.7. The van der Waals surface area contributed by atoms with Crippen LogP contribution in [0.5, 0.6) is 0 Å². The summed E-state index contributed by atoms with van der Waals surface area (Å²) in [5, 5.41) is 19.3. The molecule has 1 heterocycles. The summed E-state index contributed by atoms with van der Waals surface area (Å²) in [6.45, 7) is 5.57. The average molecular weight is 320 g/mol. The second-order valence-corrected chi connectivity index (χ2v) is 6.67. The van der Waals surface area contributed by atoms with Crippen LogP contribution in [-0.2, 0) is 22.5 Å². The maximum atomic E-state index is 12.1. The van der Waals surface area contributed by atoms with Gasteiger partial charge in [-0.05, 0) is 38.8 Å². The molecular formula is C17H24N2O4. The minimum atomic E-state index is -1.58. The van der Waals surface area contributed by atoms with Crippen LogP contribution in [-0.4, -0.2) is 38.7 Å². The molecule has 23 heavy (non-hydrogen) atoms. The van der Waals surface area contributed by atoms with E-state index in [0.29, 0.717) is 6.42 Å². The lowest BCUT2D eigenvalue weighted by atomic mass is 10.1. The molecule has 0 fully saturated rings. The van der Waals surface area contributed by atoms with Crippen molar-refractivity contribution < 1.29 is 19.7 Å². The SMILES string of the molecule is CC(C)(C)OC(=O)Cn1cc(C[C@H](N)C(O)O)c2ccccc21. The lowest BCUT2D eigenvalue weighted by Gasteiger charge is -2.19. The van der Waals surface area contributed by atoms with Crippen molar-refractivity contribution in [1.82, 2.24) is 4.57 Å². The monoisotopic (exact) mass is 320 g/mol. The second kappa shape index (κ2) is 6.70. The summed E-state index contributed by atoms with van der Waals surface area (Å²) in [5.41, 5.74) is 6.94. The number of rotatable bonds is 5. The number of carbonyl (C=O) groups excluding carboxylic acids is 1. The van der Waals surface area contributed by atoms with Crippen LogP contribution in [0.15, 0.2) is 30.5 Å². The molecule has 6 nitrogen and oxygen atoms in total. The lowest BCUT2D eigenvalue weighted by molar-refractivity contribution is -0.155. The molecular weight excluding hydrogens is 296 g/mol. The Hall–Kier alpha value is -1.89. The van der Waals surface area contributed by atoms with Crippen LogP contribution in [0, 0.1) is 0 Å². The van der Waals surface area contributed by atoms with Gasteiger partial charge in [-0.3, -0.25) is 4.79 Å². The first kappa shape index (κ1) is 17.5. The molecule has 1 aromatic heterocycles. The molecule has 6 heteroatoms. The fraction of sp³-hybridized carbons (Fsp3) is 0.471. The predicted molar refractivity (Wildman–Crippen MR) is 87.7 cm³/mol. The first-order valence-electron chi connectivity index (χ1n) is 7.57. The Morgan fingerprint density at radius 1 is 1.30 bits per heavy atom. The highest BCUT2D eigenvalue weighted by molar-refractivity contribution is 5.85. The number of nitrogens with two attached hydrogens (primary N) is 1. The molecule has 0 amide bonds. The second-order valence-electron chi connectivity index (χ2n) is 6.67. The number of ether oxygens (including phenoxy) is 1. The van der Waals surface area contributed by atoms with Crippen molar-refractivity contribution in [3.05, 3.63) is 36.0 Å². The summed E-state index contributed by atoms with van der Waals surface area (Å²) < 4.78 is 7.16. The van der Waals surface area contributed by atoms with E-state index in [2.05, 4.69) is 0 Å². The standard InChI is InChI=1S/C17H24N2O4/c1-17(2,3)23-15(20)10-19-9-11(8-13(18)16(21)22)12-6-4-5-7-14(12)19/h4-7,9,13,16,21-22H,8,10,18H2,1-3H3/t13-/m0/s1. The average Bonchev–Trinajstić information content (AvgIpc) is 2.75. The molecule has 0 unspecified atom stereocenters. The Kier molecular flexibility index (Phi) is 5.09.